The molecule has 0 aromatic heterocycles. The molecule has 0 fully saturated rings. The lowest BCUT2D eigenvalue weighted by molar-refractivity contribution is -0.122. The van der Waals surface area contributed by atoms with E-state index in [4.69, 9.17) is 0 Å². The van der Waals surface area contributed by atoms with Crippen LogP contribution >= 0.6 is 11.8 Å². The molecular formula is C10H19N3OS. The molecule has 0 aliphatic carbocycles. The molecule has 15 heavy (non-hydrogen) atoms. The second-order valence-electron chi connectivity index (χ2n) is 4.51. The van der Waals surface area contributed by atoms with Gasteiger partial charge in [0, 0.05) is 24.3 Å². The van der Waals surface area contributed by atoms with Gasteiger partial charge >= 0.3 is 0 Å². The first-order valence-electron chi connectivity index (χ1n) is 5.19. The summed E-state index contributed by atoms with van der Waals surface area (Å²) in [7, 11) is 0. The standard InChI is InChI=1S/C10H19N3OS/c1-10(2,3)13-8(14)4-5-11-9-12-6-7-15-9/h4-7H2,1-3H3,(H,11,12)(H,13,14). The van der Waals surface area contributed by atoms with Crippen molar-refractivity contribution >= 4 is 22.8 Å². The molecular weight excluding hydrogens is 210 g/mol. The lowest BCUT2D eigenvalue weighted by atomic mass is 10.1. The van der Waals surface area contributed by atoms with Crippen molar-refractivity contribution in [2.24, 2.45) is 4.99 Å². The number of carbonyl (C=O) groups is 1. The Hall–Kier alpha value is -0.710. The summed E-state index contributed by atoms with van der Waals surface area (Å²) in [6, 6.07) is 0. The minimum Gasteiger partial charge on any atom is -0.364 e. The Kier molecular flexibility index (Phi) is 4.45. The van der Waals surface area contributed by atoms with Crippen molar-refractivity contribution < 1.29 is 4.79 Å². The summed E-state index contributed by atoms with van der Waals surface area (Å²) < 4.78 is 0. The molecule has 1 heterocycles. The quantitative estimate of drug-likeness (QED) is 0.758. The summed E-state index contributed by atoms with van der Waals surface area (Å²) >= 11 is 1.71. The Morgan fingerprint density at radius 3 is 2.80 bits per heavy atom. The smallest absolute Gasteiger partial charge is 0.222 e. The van der Waals surface area contributed by atoms with Gasteiger partial charge in [-0.1, -0.05) is 11.8 Å². The van der Waals surface area contributed by atoms with Crippen LogP contribution in [0.2, 0.25) is 0 Å². The van der Waals surface area contributed by atoms with E-state index in [2.05, 4.69) is 15.6 Å². The first-order valence-corrected chi connectivity index (χ1v) is 6.18. The number of rotatable bonds is 3. The molecule has 4 nitrogen and oxygen atoms in total. The van der Waals surface area contributed by atoms with E-state index in [9.17, 15) is 4.79 Å². The van der Waals surface area contributed by atoms with E-state index in [0.29, 0.717) is 13.0 Å². The number of amides is 1. The lowest BCUT2D eigenvalue weighted by Crippen LogP contribution is -2.41. The molecule has 86 valence electrons. The molecule has 0 radical (unpaired) electrons. The van der Waals surface area contributed by atoms with Crippen molar-refractivity contribution in [2.45, 2.75) is 32.7 Å². The zero-order valence-electron chi connectivity index (χ0n) is 9.59. The van der Waals surface area contributed by atoms with Gasteiger partial charge in [0.25, 0.3) is 0 Å². The molecule has 0 aromatic carbocycles. The Labute approximate surface area is 95.3 Å². The van der Waals surface area contributed by atoms with Gasteiger partial charge in [-0.2, -0.15) is 0 Å². The van der Waals surface area contributed by atoms with Gasteiger partial charge in [-0.15, -0.1) is 0 Å². The summed E-state index contributed by atoms with van der Waals surface area (Å²) in [4.78, 5) is 15.7. The second-order valence-corrected chi connectivity index (χ2v) is 5.59. The molecule has 1 aliphatic rings. The van der Waals surface area contributed by atoms with Crippen LogP contribution in [0, 0.1) is 0 Å². The lowest BCUT2D eigenvalue weighted by Gasteiger charge is -2.20. The molecule has 5 heteroatoms. The van der Waals surface area contributed by atoms with Crippen LogP contribution in [-0.2, 0) is 4.79 Å². The third kappa shape index (κ3) is 5.67. The van der Waals surface area contributed by atoms with Crippen LogP contribution < -0.4 is 10.6 Å². The maximum Gasteiger partial charge on any atom is 0.222 e. The molecule has 2 N–H and O–H groups in total. The fourth-order valence-corrected chi connectivity index (χ4v) is 1.97. The van der Waals surface area contributed by atoms with Crippen molar-refractivity contribution in [3.8, 4) is 0 Å². The van der Waals surface area contributed by atoms with E-state index >= 15 is 0 Å². The van der Waals surface area contributed by atoms with E-state index < -0.39 is 0 Å². The minimum atomic E-state index is -0.142. The fraction of sp³-hybridized carbons (Fsp3) is 0.800. The third-order valence-corrected chi connectivity index (χ3v) is 2.66. The molecule has 0 atom stereocenters. The number of aliphatic imine (C=N–C) groups is 1. The second kappa shape index (κ2) is 5.39. The zero-order chi connectivity index (χ0) is 11.3. The van der Waals surface area contributed by atoms with E-state index in [0.717, 1.165) is 17.5 Å². The molecule has 0 spiro atoms. The van der Waals surface area contributed by atoms with E-state index in [1.165, 1.54) is 0 Å². The highest BCUT2D eigenvalue weighted by molar-refractivity contribution is 8.14. The highest BCUT2D eigenvalue weighted by Gasteiger charge is 2.13. The monoisotopic (exact) mass is 229 g/mol. The highest BCUT2D eigenvalue weighted by Crippen LogP contribution is 2.08. The van der Waals surface area contributed by atoms with Gasteiger partial charge in [-0.05, 0) is 20.8 Å². The van der Waals surface area contributed by atoms with Gasteiger partial charge in [0.2, 0.25) is 5.91 Å². The number of nitrogens with one attached hydrogen (secondary N) is 2. The zero-order valence-corrected chi connectivity index (χ0v) is 10.4. The molecule has 0 saturated carbocycles. The number of carbonyl (C=O) groups excluding carboxylic acids is 1. The molecule has 1 amide bonds. The Morgan fingerprint density at radius 1 is 1.53 bits per heavy atom. The average Bonchev–Trinajstić information content (AvgIpc) is 2.53. The predicted molar refractivity (Wildman–Crippen MR) is 65.3 cm³/mol. The van der Waals surface area contributed by atoms with E-state index in [-0.39, 0.29) is 11.4 Å². The minimum absolute atomic E-state index is 0.0820. The van der Waals surface area contributed by atoms with Crippen LogP contribution in [0.1, 0.15) is 27.2 Å². The van der Waals surface area contributed by atoms with Crippen molar-refractivity contribution in [2.75, 3.05) is 18.8 Å². The van der Waals surface area contributed by atoms with Gasteiger partial charge in [0.05, 0.1) is 6.54 Å². The van der Waals surface area contributed by atoms with Crippen LogP contribution in [0.15, 0.2) is 4.99 Å². The predicted octanol–water partition coefficient (Wildman–Crippen LogP) is 0.984. The van der Waals surface area contributed by atoms with Crippen molar-refractivity contribution in [3.63, 3.8) is 0 Å². The van der Waals surface area contributed by atoms with E-state index in [1.54, 1.807) is 11.8 Å². The van der Waals surface area contributed by atoms with Crippen LogP contribution in [-0.4, -0.2) is 35.5 Å². The molecule has 0 aromatic rings. The summed E-state index contributed by atoms with van der Waals surface area (Å²) in [6.07, 6.45) is 0.497. The summed E-state index contributed by atoms with van der Waals surface area (Å²) in [5.41, 5.74) is -0.142. The van der Waals surface area contributed by atoms with Crippen molar-refractivity contribution in [1.82, 2.24) is 10.6 Å². The summed E-state index contributed by atoms with van der Waals surface area (Å²) in [5, 5.41) is 7.04. The van der Waals surface area contributed by atoms with Gasteiger partial charge < -0.3 is 10.6 Å². The van der Waals surface area contributed by atoms with Gasteiger partial charge in [-0.3, -0.25) is 9.79 Å². The Morgan fingerprint density at radius 2 is 2.27 bits per heavy atom. The molecule has 1 rings (SSSR count). The van der Waals surface area contributed by atoms with Gasteiger partial charge in [0.1, 0.15) is 0 Å². The third-order valence-electron chi connectivity index (χ3n) is 1.73. The number of thioether (sulfide) groups is 1. The van der Waals surface area contributed by atoms with Gasteiger partial charge in [0.15, 0.2) is 5.17 Å². The molecule has 1 aliphatic heterocycles. The summed E-state index contributed by atoms with van der Waals surface area (Å²) in [5.74, 6) is 1.13. The average molecular weight is 229 g/mol. The molecule has 0 saturated heterocycles. The van der Waals surface area contributed by atoms with Gasteiger partial charge in [-0.25, -0.2) is 0 Å². The number of nitrogens with zero attached hydrogens (tertiary/aromatic N) is 1. The Bertz CT molecular complexity index is 258. The number of hydrogen-bond acceptors (Lipinski definition) is 4. The topological polar surface area (TPSA) is 53.5 Å². The van der Waals surface area contributed by atoms with Crippen molar-refractivity contribution in [3.05, 3.63) is 0 Å². The summed E-state index contributed by atoms with van der Waals surface area (Å²) in [6.45, 7) is 7.49. The first kappa shape index (κ1) is 12.4. The van der Waals surface area contributed by atoms with Crippen LogP contribution in [0.25, 0.3) is 0 Å². The number of hydrogen-bond donors (Lipinski definition) is 2. The van der Waals surface area contributed by atoms with Crippen LogP contribution in [0.3, 0.4) is 0 Å². The largest absolute Gasteiger partial charge is 0.364 e. The maximum absolute atomic E-state index is 11.4. The number of amidine groups is 1. The molecule has 0 bridgehead atoms. The maximum atomic E-state index is 11.4. The van der Waals surface area contributed by atoms with Crippen LogP contribution in [0.4, 0.5) is 0 Å². The van der Waals surface area contributed by atoms with Crippen LogP contribution in [0.5, 0.6) is 0 Å². The Balaban J connectivity index is 2.12. The fourth-order valence-electron chi connectivity index (χ4n) is 1.21. The normalized spacial score (nSPS) is 16.1. The van der Waals surface area contributed by atoms with Crippen molar-refractivity contribution in [1.29, 1.82) is 0 Å². The SMILES string of the molecule is CC(C)(C)NC(=O)CCNC1=NCCS1. The van der Waals surface area contributed by atoms with E-state index in [1.807, 2.05) is 20.8 Å². The molecule has 0 unspecified atom stereocenters. The highest BCUT2D eigenvalue weighted by atomic mass is 32.2. The first-order chi connectivity index (χ1) is 6.97.